The highest BCUT2D eigenvalue weighted by Gasteiger charge is 2.18. The maximum absolute atomic E-state index is 12.6. The first-order chi connectivity index (χ1) is 11.3. The number of rotatable bonds is 6. The van der Waals surface area contributed by atoms with Gasteiger partial charge in [-0.3, -0.25) is 9.59 Å². The maximum atomic E-state index is 12.6. The summed E-state index contributed by atoms with van der Waals surface area (Å²) in [6.45, 7) is 10.3. The van der Waals surface area contributed by atoms with Gasteiger partial charge in [-0.05, 0) is 57.9 Å². The van der Waals surface area contributed by atoms with Crippen LogP contribution in [0.1, 0.15) is 37.5 Å². The Hall–Kier alpha value is -2.30. The summed E-state index contributed by atoms with van der Waals surface area (Å²) in [5.74, 6) is -0.207. The van der Waals surface area contributed by atoms with Gasteiger partial charge in [-0.25, -0.2) is 0 Å². The van der Waals surface area contributed by atoms with E-state index in [0.717, 1.165) is 22.1 Å². The van der Waals surface area contributed by atoms with Gasteiger partial charge in [0.1, 0.15) is 5.58 Å². The Balaban J connectivity index is 2.13. The molecule has 2 rings (SSSR count). The van der Waals surface area contributed by atoms with E-state index in [2.05, 4.69) is 11.4 Å². The van der Waals surface area contributed by atoms with E-state index in [1.165, 1.54) is 5.56 Å². The minimum Gasteiger partial charge on any atom is -0.464 e. The molecular weight excluding hydrogens is 304 g/mol. The Bertz CT molecular complexity index is 746. The van der Waals surface area contributed by atoms with Crippen LogP contribution in [0.25, 0.3) is 11.0 Å². The predicted molar refractivity (Wildman–Crippen MR) is 94.9 cm³/mol. The molecule has 1 N–H and O–H groups in total. The van der Waals surface area contributed by atoms with E-state index in [-0.39, 0.29) is 30.8 Å². The van der Waals surface area contributed by atoms with Crippen molar-refractivity contribution in [3.63, 3.8) is 0 Å². The summed E-state index contributed by atoms with van der Waals surface area (Å²) in [4.78, 5) is 26.0. The van der Waals surface area contributed by atoms with E-state index in [9.17, 15) is 9.59 Å². The molecule has 5 nitrogen and oxygen atoms in total. The van der Waals surface area contributed by atoms with Crippen LogP contribution in [-0.2, 0) is 16.0 Å². The number of fused-ring (bicyclic) bond motifs is 1. The smallest absolute Gasteiger partial charge is 0.239 e. The molecule has 5 heteroatoms. The van der Waals surface area contributed by atoms with Crippen molar-refractivity contribution < 1.29 is 14.0 Å². The molecule has 0 saturated carbocycles. The number of hydrogen-bond donors (Lipinski definition) is 1. The zero-order valence-corrected chi connectivity index (χ0v) is 15.1. The van der Waals surface area contributed by atoms with E-state index in [0.29, 0.717) is 6.54 Å². The van der Waals surface area contributed by atoms with E-state index in [4.69, 9.17) is 4.42 Å². The quantitative estimate of drug-likeness (QED) is 0.886. The van der Waals surface area contributed by atoms with Crippen LogP contribution in [0.2, 0.25) is 0 Å². The third-order valence-electron chi connectivity index (χ3n) is 4.13. The molecule has 130 valence electrons. The lowest BCUT2D eigenvalue weighted by atomic mass is 10.0. The van der Waals surface area contributed by atoms with Crippen molar-refractivity contribution in [3.8, 4) is 0 Å². The summed E-state index contributed by atoms with van der Waals surface area (Å²) < 4.78 is 5.58. The second-order valence-corrected chi connectivity index (χ2v) is 6.50. The van der Waals surface area contributed by atoms with Crippen LogP contribution in [0, 0.1) is 13.8 Å². The number of benzene rings is 1. The van der Waals surface area contributed by atoms with Crippen molar-refractivity contribution in [2.24, 2.45) is 0 Å². The SMILES string of the molecule is CCN(CC(=O)NC(C)C)C(=O)Cc1coc2cc(C)c(C)cc12. The number of nitrogens with zero attached hydrogens (tertiary/aromatic N) is 1. The van der Waals surface area contributed by atoms with Crippen LogP contribution in [0.15, 0.2) is 22.8 Å². The van der Waals surface area contributed by atoms with Gasteiger partial charge in [-0.2, -0.15) is 0 Å². The number of likely N-dealkylation sites (N-methyl/N-ethyl adjacent to an activating group) is 1. The number of hydrogen-bond acceptors (Lipinski definition) is 3. The molecule has 0 atom stereocenters. The monoisotopic (exact) mass is 330 g/mol. The van der Waals surface area contributed by atoms with Crippen LogP contribution in [0.4, 0.5) is 0 Å². The lowest BCUT2D eigenvalue weighted by molar-refractivity contribution is -0.135. The van der Waals surface area contributed by atoms with Crippen molar-refractivity contribution in [2.75, 3.05) is 13.1 Å². The van der Waals surface area contributed by atoms with Crippen LogP contribution < -0.4 is 5.32 Å². The third kappa shape index (κ3) is 4.16. The fraction of sp³-hybridized carbons (Fsp3) is 0.474. The van der Waals surface area contributed by atoms with Crippen LogP contribution >= 0.6 is 0 Å². The number of carbonyl (C=O) groups excluding carboxylic acids is 2. The maximum Gasteiger partial charge on any atom is 0.239 e. The molecule has 0 radical (unpaired) electrons. The van der Waals surface area contributed by atoms with Crippen LogP contribution in [-0.4, -0.2) is 35.8 Å². The highest BCUT2D eigenvalue weighted by atomic mass is 16.3. The second-order valence-electron chi connectivity index (χ2n) is 6.50. The second kappa shape index (κ2) is 7.51. The Morgan fingerprint density at radius 2 is 1.88 bits per heavy atom. The van der Waals surface area contributed by atoms with Gasteiger partial charge >= 0.3 is 0 Å². The predicted octanol–water partition coefficient (Wildman–Crippen LogP) is 2.97. The van der Waals surface area contributed by atoms with Crippen LogP contribution in [0.5, 0.6) is 0 Å². The summed E-state index contributed by atoms with van der Waals surface area (Å²) in [6, 6.07) is 4.11. The first-order valence-electron chi connectivity index (χ1n) is 8.36. The molecule has 0 aliphatic heterocycles. The summed E-state index contributed by atoms with van der Waals surface area (Å²) in [7, 11) is 0. The molecule has 1 aromatic heterocycles. The third-order valence-corrected chi connectivity index (χ3v) is 4.13. The zero-order valence-electron chi connectivity index (χ0n) is 15.1. The number of aryl methyl sites for hydroxylation is 2. The highest BCUT2D eigenvalue weighted by molar-refractivity contribution is 5.90. The topological polar surface area (TPSA) is 62.6 Å². The van der Waals surface area contributed by atoms with Crippen molar-refractivity contribution in [1.29, 1.82) is 0 Å². The molecule has 0 fully saturated rings. The lowest BCUT2D eigenvalue weighted by Gasteiger charge is -2.21. The fourth-order valence-electron chi connectivity index (χ4n) is 2.67. The lowest BCUT2D eigenvalue weighted by Crippen LogP contribution is -2.43. The van der Waals surface area contributed by atoms with Gasteiger partial charge in [0.05, 0.1) is 19.2 Å². The van der Waals surface area contributed by atoms with Gasteiger partial charge in [0.15, 0.2) is 0 Å². The van der Waals surface area contributed by atoms with E-state index >= 15 is 0 Å². The molecule has 2 aromatic rings. The molecule has 1 aromatic carbocycles. The average molecular weight is 330 g/mol. The minimum absolute atomic E-state index is 0.0651. The van der Waals surface area contributed by atoms with Crippen molar-refractivity contribution in [3.05, 3.63) is 35.1 Å². The Labute approximate surface area is 143 Å². The molecule has 0 unspecified atom stereocenters. The zero-order chi connectivity index (χ0) is 17.9. The number of carbonyl (C=O) groups is 2. The molecule has 0 saturated heterocycles. The molecule has 0 aliphatic rings. The Morgan fingerprint density at radius 1 is 1.21 bits per heavy atom. The van der Waals surface area contributed by atoms with Gasteiger partial charge in [0.25, 0.3) is 0 Å². The van der Waals surface area contributed by atoms with Gasteiger partial charge in [0, 0.05) is 23.5 Å². The fourth-order valence-corrected chi connectivity index (χ4v) is 2.67. The van der Waals surface area contributed by atoms with Crippen molar-refractivity contribution >= 4 is 22.8 Å². The van der Waals surface area contributed by atoms with E-state index in [1.54, 1.807) is 11.2 Å². The molecule has 24 heavy (non-hydrogen) atoms. The van der Waals surface area contributed by atoms with Gasteiger partial charge in [-0.1, -0.05) is 0 Å². The molecule has 2 amide bonds. The standard InChI is InChI=1S/C19H26N2O3/c1-6-21(10-18(22)20-12(2)3)19(23)9-15-11-24-17-8-14(5)13(4)7-16(15)17/h7-8,11-12H,6,9-10H2,1-5H3,(H,20,22). The molecule has 0 bridgehead atoms. The van der Waals surface area contributed by atoms with Crippen molar-refractivity contribution in [2.45, 2.75) is 47.1 Å². The van der Waals surface area contributed by atoms with Gasteiger partial charge in [0.2, 0.25) is 11.8 Å². The number of furan rings is 1. The van der Waals surface area contributed by atoms with E-state index < -0.39 is 0 Å². The van der Waals surface area contributed by atoms with Gasteiger partial charge in [-0.15, -0.1) is 0 Å². The normalized spacial score (nSPS) is 11.1. The summed E-state index contributed by atoms with van der Waals surface area (Å²) in [5, 5.41) is 3.78. The van der Waals surface area contributed by atoms with E-state index in [1.807, 2.05) is 40.7 Å². The molecule has 0 spiro atoms. The minimum atomic E-state index is -0.135. The number of amides is 2. The molecule has 1 heterocycles. The molecular formula is C19H26N2O3. The first-order valence-corrected chi connectivity index (χ1v) is 8.36. The summed E-state index contributed by atoms with van der Waals surface area (Å²) in [6.07, 6.45) is 1.88. The Kier molecular flexibility index (Phi) is 5.65. The highest BCUT2D eigenvalue weighted by Crippen LogP contribution is 2.25. The summed E-state index contributed by atoms with van der Waals surface area (Å²) >= 11 is 0. The van der Waals surface area contributed by atoms with Gasteiger partial charge < -0.3 is 14.6 Å². The van der Waals surface area contributed by atoms with Crippen LogP contribution in [0.3, 0.4) is 0 Å². The molecule has 0 aliphatic carbocycles. The van der Waals surface area contributed by atoms with Crippen molar-refractivity contribution in [1.82, 2.24) is 10.2 Å². The summed E-state index contributed by atoms with van der Waals surface area (Å²) in [5.41, 5.74) is 3.99. The average Bonchev–Trinajstić information content (AvgIpc) is 2.86. The largest absolute Gasteiger partial charge is 0.464 e. The Morgan fingerprint density at radius 3 is 2.50 bits per heavy atom. The first kappa shape index (κ1) is 18.0. The number of nitrogens with one attached hydrogen (secondary N) is 1.